The summed E-state index contributed by atoms with van der Waals surface area (Å²) >= 11 is 1.19. The molecule has 0 aliphatic carbocycles. The monoisotopic (exact) mass is 515 g/mol. The summed E-state index contributed by atoms with van der Waals surface area (Å²) in [5.74, 6) is -0.688. The van der Waals surface area contributed by atoms with Gasteiger partial charge in [-0.1, -0.05) is 66.3 Å². The van der Waals surface area contributed by atoms with Crippen molar-refractivity contribution in [2.24, 2.45) is 4.99 Å². The van der Waals surface area contributed by atoms with Crippen molar-refractivity contribution < 1.29 is 14.3 Å². The number of thiazole rings is 1. The van der Waals surface area contributed by atoms with Crippen molar-refractivity contribution in [1.29, 1.82) is 0 Å². The van der Waals surface area contributed by atoms with Crippen LogP contribution in [0, 0.1) is 6.92 Å². The van der Waals surface area contributed by atoms with E-state index in [0.29, 0.717) is 32.7 Å². The molecule has 0 bridgehead atoms. The van der Waals surface area contributed by atoms with E-state index in [1.54, 1.807) is 30.2 Å². The normalized spacial score (nSPS) is 18.2. The molecule has 1 unspecified atom stereocenters. The van der Waals surface area contributed by atoms with Crippen LogP contribution in [0.2, 0.25) is 0 Å². The Labute approximate surface area is 219 Å². The van der Waals surface area contributed by atoms with Crippen LogP contribution in [0.5, 0.6) is 0 Å². The zero-order chi connectivity index (χ0) is 26.4. The number of esters is 1. The highest BCUT2D eigenvalue weighted by Gasteiger charge is 2.37. The van der Waals surface area contributed by atoms with Crippen LogP contribution < -0.4 is 19.8 Å². The summed E-state index contributed by atoms with van der Waals surface area (Å²) in [7, 11) is 0. The number of allylic oxidation sites excluding steroid dienone is 1. The number of aryl methyl sites for hydroxylation is 1. The van der Waals surface area contributed by atoms with E-state index in [1.807, 2.05) is 62.4 Å². The molecule has 5 rings (SSSR count). The van der Waals surface area contributed by atoms with E-state index >= 15 is 0 Å². The molecule has 0 fully saturated rings. The maximum Gasteiger partial charge on any atom is 0.338 e. The number of hydrogen-bond donors (Lipinski definition) is 0. The average molecular weight is 516 g/mol. The first-order valence-electron chi connectivity index (χ1n) is 12.5. The van der Waals surface area contributed by atoms with Gasteiger partial charge < -0.3 is 9.64 Å². The van der Waals surface area contributed by atoms with Gasteiger partial charge in [0.05, 0.1) is 34.7 Å². The summed E-state index contributed by atoms with van der Waals surface area (Å²) in [6.45, 7) is 9.90. The fourth-order valence-electron chi connectivity index (χ4n) is 4.92. The van der Waals surface area contributed by atoms with Crippen LogP contribution in [0.4, 0.5) is 5.69 Å². The lowest BCUT2D eigenvalue weighted by Gasteiger charge is -2.25. The number of anilines is 1. The molecule has 0 saturated heterocycles. The molecule has 2 aromatic carbocycles. The smallest absolute Gasteiger partial charge is 0.338 e. The number of benzene rings is 2. The second-order valence-corrected chi connectivity index (χ2v) is 10.6. The first kappa shape index (κ1) is 24.9. The number of hydrogen-bond acceptors (Lipinski definition) is 6. The molecule has 1 amide bonds. The Hall–Kier alpha value is -3.78. The Morgan fingerprint density at radius 3 is 2.46 bits per heavy atom. The van der Waals surface area contributed by atoms with Crippen LogP contribution in [-0.2, 0) is 14.3 Å². The van der Waals surface area contributed by atoms with Gasteiger partial charge in [0.2, 0.25) is 0 Å². The summed E-state index contributed by atoms with van der Waals surface area (Å²) < 4.78 is 7.44. The lowest BCUT2D eigenvalue weighted by atomic mass is 9.95. The fourth-order valence-corrected chi connectivity index (χ4v) is 6.06. The zero-order valence-electron chi connectivity index (χ0n) is 21.6. The Morgan fingerprint density at radius 2 is 1.78 bits per heavy atom. The standard InChI is InChI=1S/C29H29N3O4S/c1-6-15-31-21-10-8-7-9-20(21)23(26(31)33)25-27(34)32-24(19-13-11-17(4)12-14-19)22(28(35)36-16(2)3)18(5)30-29(32)37-25/h7-14,16,24H,6,15H2,1-5H3. The quantitative estimate of drug-likeness (QED) is 0.486. The molecule has 37 heavy (non-hydrogen) atoms. The molecular formula is C29H29N3O4S. The van der Waals surface area contributed by atoms with E-state index in [1.165, 1.54) is 11.3 Å². The Bertz CT molecular complexity index is 1630. The molecular weight excluding hydrogens is 486 g/mol. The predicted octanol–water partition coefficient (Wildman–Crippen LogP) is 3.62. The molecule has 190 valence electrons. The van der Waals surface area contributed by atoms with Crippen molar-refractivity contribution in [3.63, 3.8) is 0 Å². The maximum absolute atomic E-state index is 14.1. The summed E-state index contributed by atoms with van der Waals surface area (Å²) in [5, 5.41) is 0. The molecule has 0 N–H and O–H groups in total. The fraction of sp³-hybridized carbons (Fsp3) is 0.310. The highest BCUT2D eigenvalue weighted by atomic mass is 32.1. The Kier molecular flexibility index (Phi) is 6.45. The number of carbonyl (C=O) groups is 2. The molecule has 3 heterocycles. The molecule has 0 radical (unpaired) electrons. The van der Waals surface area contributed by atoms with Gasteiger partial charge in [0.1, 0.15) is 4.53 Å². The number of nitrogens with zero attached hydrogens (tertiary/aromatic N) is 3. The molecule has 3 aromatic rings. The van der Waals surface area contributed by atoms with Gasteiger partial charge in [0, 0.05) is 12.1 Å². The third-order valence-corrected chi connectivity index (χ3v) is 7.60. The first-order valence-corrected chi connectivity index (χ1v) is 13.3. The highest BCUT2D eigenvalue weighted by molar-refractivity contribution is 7.07. The second-order valence-electron chi connectivity index (χ2n) is 9.62. The largest absolute Gasteiger partial charge is 0.459 e. The third kappa shape index (κ3) is 4.15. The highest BCUT2D eigenvalue weighted by Crippen LogP contribution is 2.35. The van der Waals surface area contributed by atoms with Gasteiger partial charge >= 0.3 is 5.97 Å². The number of carbonyl (C=O) groups excluding carboxylic acids is 2. The van der Waals surface area contributed by atoms with Gasteiger partial charge in [-0.15, -0.1) is 0 Å². The van der Waals surface area contributed by atoms with E-state index in [4.69, 9.17) is 4.74 Å². The number of para-hydroxylation sites is 1. The number of ether oxygens (including phenoxy) is 1. The zero-order valence-corrected chi connectivity index (χ0v) is 22.4. The lowest BCUT2D eigenvalue weighted by molar-refractivity contribution is -0.143. The predicted molar refractivity (Wildman–Crippen MR) is 144 cm³/mol. The van der Waals surface area contributed by atoms with Crippen LogP contribution in [0.25, 0.3) is 5.57 Å². The van der Waals surface area contributed by atoms with E-state index in [2.05, 4.69) is 4.99 Å². The number of amides is 1. The maximum atomic E-state index is 14.1. The van der Waals surface area contributed by atoms with Crippen LogP contribution >= 0.6 is 11.3 Å². The molecule has 2 aliphatic rings. The summed E-state index contributed by atoms with van der Waals surface area (Å²) in [5.41, 5.74) is 4.27. The van der Waals surface area contributed by atoms with Gasteiger partial charge in [-0.25, -0.2) is 9.79 Å². The number of aromatic nitrogens is 1. The second kappa shape index (κ2) is 9.59. The van der Waals surface area contributed by atoms with Gasteiger partial charge in [-0.05, 0) is 45.7 Å². The van der Waals surface area contributed by atoms with Crippen molar-refractivity contribution in [1.82, 2.24) is 4.57 Å². The van der Waals surface area contributed by atoms with Crippen LogP contribution in [0.3, 0.4) is 0 Å². The van der Waals surface area contributed by atoms with E-state index in [0.717, 1.165) is 28.8 Å². The molecule has 0 spiro atoms. The summed E-state index contributed by atoms with van der Waals surface area (Å²) in [4.78, 5) is 47.8. The van der Waals surface area contributed by atoms with Crippen LogP contribution in [0.15, 0.2) is 69.6 Å². The minimum atomic E-state index is -0.712. The third-order valence-electron chi connectivity index (χ3n) is 6.55. The van der Waals surface area contributed by atoms with Crippen molar-refractivity contribution in [2.45, 2.75) is 53.2 Å². The van der Waals surface area contributed by atoms with Gasteiger partial charge in [0.25, 0.3) is 11.5 Å². The van der Waals surface area contributed by atoms with Crippen molar-refractivity contribution in [3.05, 3.63) is 96.2 Å². The minimum Gasteiger partial charge on any atom is -0.459 e. The molecule has 2 aliphatic heterocycles. The SMILES string of the molecule is CCCN1C(=O)C(=c2sc3n(c2=O)C(c2ccc(C)cc2)C(C(=O)OC(C)C)=C(C)N=3)c2ccccc21. The molecule has 1 aromatic heterocycles. The lowest BCUT2D eigenvalue weighted by Crippen LogP contribution is -2.41. The summed E-state index contributed by atoms with van der Waals surface area (Å²) in [6, 6.07) is 14.6. The van der Waals surface area contributed by atoms with Crippen LogP contribution in [0.1, 0.15) is 56.8 Å². The Morgan fingerprint density at radius 1 is 1.08 bits per heavy atom. The average Bonchev–Trinajstić information content (AvgIpc) is 3.31. The van der Waals surface area contributed by atoms with E-state index in [-0.39, 0.29) is 17.6 Å². The molecule has 8 heteroatoms. The molecule has 1 atom stereocenters. The van der Waals surface area contributed by atoms with Gasteiger partial charge in [0.15, 0.2) is 4.80 Å². The van der Waals surface area contributed by atoms with E-state index in [9.17, 15) is 14.4 Å². The van der Waals surface area contributed by atoms with Crippen LogP contribution in [-0.4, -0.2) is 29.1 Å². The number of fused-ring (bicyclic) bond motifs is 2. The molecule has 7 nitrogen and oxygen atoms in total. The van der Waals surface area contributed by atoms with Crippen molar-refractivity contribution in [3.8, 4) is 0 Å². The summed E-state index contributed by atoms with van der Waals surface area (Å²) in [6.07, 6.45) is 0.470. The molecule has 0 saturated carbocycles. The first-order chi connectivity index (χ1) is 17.7. The van der Waals surface area contributed by atoms with Crippen molar-refractivity contribution in [2.75, 3.05) is 11.4 Å². The van der Waals surface area contributed by atoms with Crippen molar-refractivity contribution >= 4 is 34.5 Å². The Balaban J connectivity index is 1.80. The number of rotatable bonds is 5. The van der Waals surface area contributed by atoms with Gasteiger partial charge in [-0.2, -0.15) is 0 Å². The van der Waals surface area contributed by atoms with E-state index < -0.39 is 12.0 Å². The van der Waals surface area contributed by atoms with Gasteiger partial charge in [-0.3, -0.25) is 14.2 Å². The topological polar surface area (TPSA) is 81.0 Å². The minimum absolute atomic E-state index is 0.185.